The van der Waals surface area contributed by atoms with Gasteiger partial charge < -0.3 is 0 Å². The molecule has 0 radical (unpaired) electrons. The van der Waals surface area contributed by atoms with Crippen molar-refractivity contribution in [3.05, 3.63) is 66.5 Å². The second-order valence-electron chi connectivity index (χ2n) is 12.1. The number of Topliss-reactive ketones (excluding diaryl/α,β-unsaturated/α-hetero) is 4. The molecule has 1 aliphatic carbocycles. The van der Waals surface area contributed by atoms with E-state index in [9.17, 15) is 19.2 Å². The van der Waals surface area contributed by atoms with Crippen LogP contribution in [0.2, 0.25) is 0 Å². The molecule has 0 aromatic carbocycles. The number of carbonyl (C=O) groups excluding carboxylic acids is 4. The van der Waals surface area contributed by atoms with Crippen LogP contribution in [-0.4, -0.2) is 40.6 Å². The molecule has 0 unspecified atom stereocenters. The number of rotatable bonds is 0. The largest absolute Gasteiger partial charge is 0.292 e. The third-order valence-corrected chi connectivity index (χ3v) is 10.9. The molecule has 8 bridgehead atoms. The van der Waals surface area contributed by atoms with Gasteiger partial charge >= 0.3 is 0 Å². The molecule has 0 atom stereocenters. The second kappa shape index (κ2) is 9.37. The average Bonchev–Trinajstić information content (AvgIpc) is 3.71. The van der Waals surface area contributed by atoms with Gasteiger partial charge in [-0.1, -0.05) is 0 Å². The zero-order valence-corrected chi connectivity index (χ0v) is 26.6. The molecule has 5 rings (SSSR count). The summed E-state index contributed by atoms with van der Waals surface area (Å²) in [5, 5.41) is 0. The predicted octanol–water partition coefficient (Wildman–Crippen LogP) is 6.66. The van der Waals surface area contributed by atoms with E-state index in [1.54, 1.807) is 52.0 Å². The Kier molecular flexibility index (Phi) is 6.72. The van der Waals surface area contributed by atoms with Gasteiger partial charge in [0.1, 0.15) is 0 Å². The first-order chi connectivity index (χ1) is 18.5. The highest BCUT2D eigenvalue weighted by Gasteiger charge is 2.43. The van der Waals surface area contributed by atoms with E-state index in [1.165, 1.54) is 0 Å². The molecular weight excluding hydrogens is 585 g/mol. The zero-order valence-electron chi connectivity index (χ0n) is 23.4. The van der Waals surface area contributed by atoms with Crippen molar-refractivity contribution in [1.82, 2.24) is 17.5 Å². The van der Waals surface area contributed by atoms with Crippen molar-refractivity contribution >= 4 is 69.3 Å². The summed E-state index contributed by atoms with van der Waals surface area (Å²) in [7, 11) is 0. The number of ketones is 4. The van der Waals surface area contributed by atoms with Crippen LogP contribution in [0.4, 0.5) is 0 Å². The van der Waals surface area contributed by atoms with E-state index in [0.29, 0.717) is 42.3 Å². The van der Waals surface area contributed by atoms with Crippen LogP contribution in [-0.2, 0) is 10.8 Å². The maximum absolute atomic E-state index is 13.6. The Morgan fingerprint density at radius 2 is 0.600 bits per heavy atom. The highest BCUT2D eigenvalue weighted by molar-refractivity contribution is 7.09. The van der Waals surface area contributed by atoms with E-state index in [0.717, 1.165) is 46.1 Å². The minimum atomic E-state index is -1.34. The lowest BCUT2D eigenvalue weighted by Crippen LogP contribution is -2.33. The molecule has 1 aliphatic rings. The number of hydrogen-bond acceptors (Lipinski definition) is 12. The number of aromatic nitrogens is 4. The van der Waals surface area contributed by atoms with Gasteiger partial charge in [0.05, 0.1) is 63.9 Å². The highest BCUT2D eigenvalue weighted by atomic mass is 32.1. The van der Waals surface area contributed by atoms with E-state index in [2.05, 4.69) is 17.5 Å². The molecule has 40 heavy (non-hydrogen) atoms. The fraction of sp³-hybridized carbons (Fsp3) is 0.429. The number of carbonyl (C=O) groups is 4. The molecule has 0 saturated carbocycles. The molecule has 208 valence electrons. The van der Waals surface area contributed by atoms with Gasteiger partial charge in [-0.2, -0.15) is 17.5 Å². The van der Waals surface area contributed by atoms with Gasteiger partial charge in [-0.25, -0.2) is 0 Å². The molecule has 0 aliphatic heterocycles. The molecule has 0 amide bonds. The van der Waals surface area contributed by atoms with Crippen LogP contribution < -0.4 is 0 Å². The van der Waals surface area contributed by atoms with Crippen LogP contribution in [0.15, 0.2) is 24.3 Å². The summed E-state index contributed by atoms with van der Waals surface area (Å²) in [5.41, 5.74) is -1.69. The third-order valence-electron chi connectivity index (χ3n) is 7.77. The fourth-order valence-corrected chi connectivity index (χ4v) is 8.33. The smallest absolute Gasteiger partial charge is 0.187 e. The van der Waals surface area contributed by atoms with Crippen molar-refractivity contribution in [3.8, 4) is 0 Å². The molecule has 4 aromatic heterocycles. The summed E-state index contributed by atoms with van der Waals surface area (Å²) in [6, 6.07) is 6.82. The van der Waals surface area contributed by atoms with Crippen molar-refractivity contribution in [2.24, 2.45) is 10.8 Å². The lowest BCUT2D eigenvalue weighted by Gasteiger charge is -2.22. The van der Waals surface area contributed by atoms with Crippen LogP contribution in [0.25, 0.3) is 0 Å². The number of nitrogens with zero attached hydrogens (tertiary/aromatic N) is 4. The molecule has 12 heteroatoms. The first-order valence-electron chi connectivity index (χ1n) is 12.6. The highest BCUT2D eigenvalue weighted by Crippen LogP contribution is 2.40. The number of hydrogen-bond donors (Lipinski definition) is 0. The standard InChI is InChI=1S/C28H28N4O4S4/c1-25(2)17-9-13(37-29-17)21(33)27(5,6)23(35)15-11-19(31-39-15)26(3,4)20-12-16(40-32-20)24(36)28(7,8)22(34)14-10-18(25)30-38-14/h9-12H,1-8H3. The maximum atomic E-state index is 13.6. The third kappa shape index (κ3) is 4.36. The summed E-state index contributed by atoms with van der Waals surface area (Å²) < 4.78 is 18.2. The van der Waals surface area contributed by atoms with Crippen molar-refractivity contribution < 1.29 is 19.2 Å². The van der Waals surface area contributed by atoms with Gasteiger partial charge in [0.2, 0.25) is 0 Å². The van der Waals surface area contributed by atoms with Gasteiger partial charge in [0, 0.05) is 0 Å². The van der Waals surface area contributed by atoms with Gasteiger partial charge in [-0.05, 0) is 126 Å². The first-order valence-corrected chi connectivity index (χ1v) is 15.7. The SMILES string of the molecule is CC1(C)C(=O)c2cc(ns2)C(C)(C)c2cc(sn2)C(=O)C(C)(C)C(=O)c2cc(ns2)C(C)(C)c2cc(sn2)C1=O. The van der Waals surface area contributed by atoms with Crippen LogP contribution in [0.3, 0.4) is 0 Å². The second-order valence-corrected chi connectivity index (χ2v) is 15.3. The van der Waals surface area contributed by atoms with E-state index in [4.69, 9.17) is 0 Å². The predicted molar refractivity (Wildman–Crippen MR) is 158 cm³/mol. The van der Waals surface area contributed by atoms with Crippen molar-refractivity contribution in [2.45, 2.75) is 66.2 Å². The minimum Gasteiger partial charge on any atom is -0.292 e. The van der Waals surface area contributed by atoms with Crippen LogP contribution in [0.5, 0.6) is 0 Å². The van der Waals surface area contributed by atoms with Crippen LogP contribution in [0.1, 0.15) is 117 Å². The Morgan fingerprint density at radius 1 is 0.400 bits per heavy atom. The van der Waals surface area contributed by atoms with E-state index >= 15 is 0 Å². The Labute approximate surface area is 248 Å². The van der Waals surface area contributed by atoms with Crippen LogP contribution >= 0.6 is 46.1 Å². The summed E-state index contributed by atoms with van der Waals surface area (Å²) >= 11 is 4.18. The molecular formula is C28H28N4O4S4. The lowest BCUT2D eigenvalue weighted by molar-refractivity contribution is 0.0703. The maximum Gasteiger partial charge on any atom is 0.187 e. The molecule has 0 saturated heterocycles. The van der Waals surface area contributed by atoms with E-state index in [-0.39, 0.29) is 23.1 Å². The molecule has 8 nitrogen and oxygen atoms in total. The quantitative estimate of drug-likeness (QED) is 0.202. The van der Waals surface area contributed by atoms with Gasteiger partial charge in [0.25, 0.3) is 0 Å². The Morgan fingerprint density at radius 3 is 0.800 bits per heavy atom. The summed E-state index contributed by atoms with van der Waals surface area (Å²) in [6.45, 7) is 14.1. The molecule has 4 aromatic rings. The Hall–Kier alpha value is -2.80. The first kappa shape index (κ1) is 28.7. The van der Waals surface area contributed by atoms with E-state index in [1.807, 2.05) is 27.7 Å². The summed E-state index contributed by atoms with van der Waals surface area (Å²) in [4.78, 5) is 56.0. The molecule has 0 N–H and O–H groups in total. The Balaban J connectivity index is 1.68. The summed E-state index contributed by atoms with van der Waals surface area (Å²) in [5.74, 6) is -1.28. The van der Waals surface area contributed by atoms with Crippen molar-refractivity contribution in [2.75, 3.05) is 0 Å². The molecule has 4 heterocycles. The number of fused-ring (bicyclic) bond motifs is 8. The minimum absolute atomic E-state index is 0.320. The average molecular weight is 613 g/mol. The van der Waals surface area contributed by atoms with Crippen molar-refractivity contribution in [1.29, 1.82) is 0 Å². The normalized spacial score (nSPS) is 20.0. The van der Waals surface area contributed by atoms with Crippen LogP contribution in [0, 0.1) is 10.8 Å². The summed E-state index contributed by atoms with van der Waals surface area (Å²) in [6.07, 6.45) is 0. The molecule has 0 spiro atoms. The fourth-order valence-electron chi connectivity index (χ4n) is 4.41. The van der Waals surface area contributed by atoms with Gasteiger partial charge in [0.15, 0.2) is 23.1 Å². The van der Waals surface area contributed by atoms with Gasteiger partial charge in [-0.15, -0.1) is 0 Å². The zero-order chi connectivity index (χ0) is 29.4. The van der Waals surface area contributed by atoms with Gasteiger partial charge in [-0.3, -0.25) is 19.2 Å². The van der Waals surface area contributed by atoms with E-state index < -0.39 is 21.7 Å². The Bertz CT molecular complexity index is 1460. The topological polar surface area (TPSA) is 120 Å². The monoisotopic (exact) mass is 612 g/mol. The lowest BCUT2D eigenvalue weighted by atomic mass is 9.79. The van der Waals surface area contributed by atoms with Crippen molar-refractivity contribution in [3.63, 3.8) is 0 Å². The molecule has 0 fully saturated rings.